The van der Waals surface area contributed by atoms with E-state index in [2.05, 4.69) is 15.5 Å². The molecular weight excluding hydrogens is 298 g/mol. The van der Waals surface area contributed by atoms with E-state index in [-0.39, 0.29) is 24.5 Å². The van der Waals surface area contributed by atoms with Crippen LogP contribution in [0.4, 0.5) is 5.13 Å². The lowest BCUT2D eigenvalue weighted by molar-refractivity contribution is -0.116. The van der Waals surface area contributed by atoms with E-state index in [4.69, 9.17) is 0 Å². The molecule has 1 amide bonds. The number of Topliss-reactive ketones (excluding diaryl/α,β-unsaturated/α-hetero) is 1. The van der Waals surface area contributed by atoms with Crippen molar-refractivity contribution < 1.29 is 9.59 Å². The van der Waals surface area contributed by atoms with E-state index in [0.29, 0.717) is 10.7 Å². The number of nitrogens with zero attached hydrogens (tertiary/aromatic N) is 2. The molecule has 0 aliphatic carbocycles. The molecule has 2 rings (SSSR count). The van der Waals surface area contributed by atoms with Crippen LogP contribution in [-0.4, -0.2) is 21.9 Å². The van der Waals surface area contributed by atoms with Gasteiger partial charge in [-0.2, -0.15) is 0 Å². The Morgan fingerprint density at radius 1 is 1.18 bits per heavy atom. The molecule has 0 atom stereocenters. The van der Waals surface area contributed by atoms with Crippen LogP contribution in [0, 0.1) is 13.8 Å². The second-order valence-corrected chi connectivity index (χ2v) is 6.21. The topological polar surface area (TPSA) is 72.0 Å². The van der Waals surface area contributed by atoms with Crippen LogP contribution in [0.15, 0.2) is 18.2 Å². The molecule has 0 aliphatic heterocycles. The lowest BCUT2D eigenvalue weighted by atomic mass is 9.99. The average molecular weight is 317 g/mol. The van der Waals surface area contributed by atoms with Crippen LogP contribution >= 0.6 is 11.3 Å². The fourth-order valence-corrected chi connectivity index (χ4v) is 2.72. The van der Waals surface area contributed by atoms with Crippen molar-refractivity contribution in [3.05, 3.63) is 39.9 Å². The van der Waals surface area contributed by atoms with Crippen LogP contribution in [0.3, 0.4) is 0 Å². The monoisotopic (exact) mass is 317 g/mol. The number of amides is 1. The maximum absolute atomic E-state index is 12.2. The summed E-state index contributed by atoms with van der Waals surface area (Å²) in [4.78, 5) is 24.1. The van der Waals surface area contributed by atoms with Crippen molar-refractivity contribution in [3.63, 3.8) is 0 Å². The summed E-state index contributed by atoms with van der Waals surface area (Å²) in [5.41, 5.74) is 2.67. The van der Waals surface area contributed by atoms with Crippen molar-refractivity contribution in [1.29, 1.82) is 0 Å². The molecule has 0 radical (unpaired) electrons. The van der Waals surface area contributed by atoms with E-state index in [1.807, 2.05) is 39.0 Å². The molecule has 0 aliphatic rings. The molecular formula is C16H19N3O2S. The minimum absolute atomic E-state index is 0.0112. The third kappa shape index (κ3) is 4.21. The summed E-state index contributed by atoms with van der Waals surface area (Å²) in [6.45, 7) is 5.83. The summed E-state index contributed by atoms with van der Waals surface area (Å²) in [5, 5.41) is 11.9. The summed E-state index contributed by atoms with van der Waals surface area (Å²) in [5.74, 6) is -0.222. The maximum atomic E-state index is 12.2. The Morgan fingerprint density at radius 3 is 2.64 bits per heavy atom. The zero-order valence-electron chi connectivity index (χ0n) is 13.0. The standard InChI is InChI=1S/C16H19N3O2S/c1-4-15-18-19-16(22-15)17-14(21)8-7-13(20)12-9-10(2)5-6-11(12)3/h5-6,9H,4,7-8H2,1-3H3,(H,17,19,21). The first-order valence-corrected chi connectivity index (χ1v) is 8.04. The highest BCUT2D eigenvalue weighted by Crippen LogP contribution is 2.17. The van der Waals surface area contributed by atoms with E-state index in [9.17, 15) is 9.59 Å². The molecule has 5 nitrogen and oxygen atoms in total. The van der Waals surface area contributed by atoms with Gasteiger partial charge in [-0.05, 0) is 31.9 Å². The van der Waals surface area contributed by atoms with Crippen molar-refractivity contribution in [2.75, 3.05) is 5.32 Å². The van der Waals surface area contributed by atoms with Gasteiger partial charge in [-0.15, -0.1) is 10.2 Å². The Balaban J connectivity index is 1.90. The first-order chi connectivity index (χ1) is 10.5. The molecule has 0 unspecified atom stereocenters. The lowest BCUT2D eigenvalue weighted by Crippen LogP contribution is -2.13. The van der Waals surface area contributed by atoms with Crippen LogP contribution in [0.1, 0.15) is 46.3 Å². The number of nitrogens with one attached hydrogen (secondary N) is 1. The number of hydrogen-bond donors (Lipinski definition) is 1. The zero-order chi connectivity index (χ0) is 16.1. The Labute approximate surface area is 133 Å². The van der Waals surface area contributed by atoms with Gasteiger partial charge in [-0.25, -0.2) is 0 Å². The number of rotatable bonds is 6. The average Bonchev–Trinajstić information content (AvgIpc) is 2.95. The molecule has 1 heterocycles. The van der Waals surface area contributed by atoms with Crippen molar-refractivity contribution in [2.24, 2.45) is 0 Å². The highest BCUT2D eigenvalue weighted by molar-refractivity contribution is 7.15. The molecule has 1 N–H and O–H groups in total. The Hall–Kier alpha value is -2.08. The van der Waals surface area contributed by atoms with Crippen LogP contribution in [0.5, 0.6) is 0 Å². The predicted octanol–water partition coefficient (Wildman–Crippen LogP) is 3.32. The van der Waals surface area contributed by atoms with Crippen molar-refractivity contribution >= 4 is 28.2 Å². The minimum atomic E-state index is -0.211. The highest BCUT2D eigenvalue weighted by Gasteiger charge is 2.13. The van der Waals surface area contributed by atoms with Gasteiger partial charge in [0.05, 0.1) is 0 Å². The number of carbonyl (C=O) groups is 2. The normalized spacial score (nSPS) is 10.5. The van der Waals surface area contributed by atoms with E-state index < -0.39 is 0 Å². The number of aryl methyl sites for hydroxylation is 3. The van der Waals surface area contributed by atoms with Crippen molar-refractivity contribution in [2.45, 2.75) is 40.0 Å². The van der Waals surface area contributed by atoms with E-state index in [1.54, 1.807) is 0 Å². The first kappa shape index (κ1) is 16.3. The van der Waals surface area contributed by atoms with Crippen LogP contribution < -0.4 is 5.32 Å². The van der Waals surface area contributed by atoms with E-state index in [1.165, 1.54) is 11.3 Å². The number of aromatic nitrogens is 2. The van der Waals surface area contributed by atoms with Gasteiger partial charge in [-0.3, -0.25) is 9.59 Å². The third-order valence-corrected chi connectivity index (χ3v) is 4.27. The number of carbonyl (C=O) groups excluding carboxylic acids is 2. The van der Waals surface area contributed by atoms with Gasteiger partial charge >= 0.3 is 0 Å². The fourth-order valence-electron chi connectivity index (χ4n) is 2.03. The second-order valence-electron chi connectivity index (χ2n) is 5.14. The number of anilines is 1. The van der Waals surface area contributed by atoms with Gasteiger partial charge in [-0.1, -0.05) is 36.0 Å². The number of ketones is 1. The predicted molar refractivity (Wildman–Crippen MR) is 87.4 cm³/mol. The first-order valence-electron chi connectivity index (χ1n) is 7.22. The maximum Gasteiger partial charge on any atom is 0.226 e. The molecule has 116 valence electrons. The van der Waals surface area contributed by atoms with Crippen molar-refractivity contribution in [1.82, 2.24) is 10.2 Å². The van der Waals surface area contributed by atoms with Gasteiger partial charge in [0.1, 0.15) is 5.01 Å². The van der Waals surface area contributed by atoms with Crippen molar-refractivity contribution in [3.8, 4) is 0 Å². The largest absolute Gasteiger partial charge is 0.301 e. The summed E-state index contributed by atoms with van der Waals surface area (Å²) in [6, 6.07) is 5.77. The molecule has 6 heteroatoms. The zero-order valence-corrected chi connectivity index (χ0v) is 13.8. The molecule has 0 saturated heterocycles. The quantitative estimate of drug-likeness (QED) is 0.830. The highest BCUT2D eigenvalue weighted by atomic mass is 32.1. The third-order valence-electron chi connectivity index (χ3n) is 3.29. The SMILES string of the molecule is CCc1nnc(NC(=O)CCC(=O)c2cc(C)ccc2C)s1. The number of benzene rings is 1. The van der Waals surface area contributed by atoms with Gasteiger partial charge in [0.25, 0.3) is 0 Å². The molecule has 2 aromatic rings. The molecule has 0 fully saturated rings. The van der Waals surface area contributed by atoms with Gasteiger partial charge in [0.15, 0.2) is 5.78 Å². The summed E-state index contributed by atoms with van der Waals surface area (Å²) in [6.07, 6.45) is 1.13. The molecule has 1 aromatic heterocycles. The molecule has 22 heavy (non-hydrogen) atoms. The van der Waals surface area contributed by atoms with Crippen LogP contribution in [0.25, 0.3) is 0 Å². The van der Waals surface area contributed by atoms with Gasteiger partial charge < -0.3 is 5.32 Å². The lowest BCUT2D eigenvalue weighted by Gasteiger charge is -2.06. The Bertz CT molecular complexity index is 694. The fraction of sp³-hybridized carbons (Fsp3) is 0.375. The van der Waals surface area contributed by atoms with Gasteiger partial charge in [0, 0.05) is 18.4 Å². The van der Waals surface area contributed by atoms with E-state index >= 15 is 0 Å². The second kappa shape index (κ2) is 7.26. The van der Waals surface area contributed by atoms with Crippen LogP contribution in [0.2, 0.25) is 0 Å². The van der Waals surface area contributed by atoms with Crippen LogP contribution in [-0.2, 0) is 11.2 Å². The molecule has 0 spiro atoms. The minimum Gasteiger partial charge on any atom is -0.301 e. The molecule has 0 bridgehead atoms. The Morgan fingerprint density at radius 2 is 1.95 bits per heavy atom. The number of hydrogen-bond acceptors (Lipinski definition) is 5. The van der Waals surface area contributed by atoms with E-state index in [0.717, 1.165) is 22.6 Å². The van der Waals surface area contributed by atoms with Gasteiger partial charge in [0.2, 0.25) is 11.0 Å². The summed E-state index contributed by atoms with van der Waals surface area (Å²) >= 11 is 1.36. The molecule has 0 saturated carbocycles. The smallest absolute Gasteiger partial charge is 0.226 e. The Kier molecular flexibility index (Phi) is 5.38. The molecule has 1 aromatic carbocycles. The summed E-state index contributed by atoms with van der Waals surface area (Å²) < 4.78 is 0. The summed E-state index contributed by atoms with van der Waals surface area (Å²) in [7, 11) is 0.